The fourth-order valence-corrected chi connectivity index (χ4v) is 5.89. The molecule has 4 rings (SSSR count). The van der Waals surface area contributed by atoms with E-state index in [0.29, 0.717) is 12.8 Å². The number of ether oxygens (including phenoxy) is 3. The molecule has 0 aromatic rings. The summed E-state index contributed by atoms with van der Waals surface area (Å²) in [6, 6.07) is 0. The molecule has 0 bridgehead atoms. The van der Waals surface area contributed by atoms with E-state index in [-0.39, 0.29) is 29.8 Å². The monoisotopic (exact) mass is 428 g/mol. The molecular weight excluding hydrogens is 396 g/mol. The number of aliphatic hydroxyl groups excluding tert-OH is 5. The molecule has 0 amide bonds. The number of hydrogen-bond acceptors (Lipinski definition) is 9. The molecule has 12 atom stereocenters. The molecule has 1 saturated carbocycles. The third-order valence-corrected chi connectivity index (χ3v) is 7.89. The average molecular weight is 428 g/mol. The second-order valence-electron chi connectivity index (χ2n) is 9.46. The van der Waals surface area contributed by atoms with Crippen LogP contribution in [0.2, 0.25) is 0 Å². The van der Waals surface area contributed by atoms with Crippen molar-refractivity contribution in [3.05, 3.63) is 11.6 Å². The molecule has 9 nitrogen and oxygen atoms in total. The number of carbonyl (C=O) groups is 1. The van der Waals surface area contributed by atoms with Crippen molar-refractivity contribution in [2.75, 3.05) is 6.61 Å². The summed E-state index contributed by atoms with van der Waals surface area (Å²) >= 11 is 0. The Morgan fingerprint density at radius 1 is 1.20 bits per heavy atom. The summed E-state index contributed by atoms with van der Waals surface area (Å²) in [5.74, 6) is -0.982. The average Bonchev–Trinajstić information content (AvgIpc) is 2.99. The van der Waals surface area contributed by atoms with Gasteiger partial charge in [-0.1, -0.05) is 25.5 Å². The van der Waals surface area contributed by atoms with Crippen LogP contribution in [0.1, 0.15) is 33.6 Å². The Hall–Kier alpha value is -1.07. The van der Waals surface area contributed by atoms with Gasteiger partial charge in [0.15, 0.2) is 6.29 Å². The maximum atomic E-state index is 12.3. The van der Waals surface area contributed by atoms with Crippen LogP contribution in [-0.4, -0.2) is 87.1 Å². The van der Waals surface area contributed by atoms with E-state index in [2.05, 4.69) is 0 Å². The van der Waals surface area contributed by atoms with Crippen LogP contribution in [0.15, 0.2) is 11.6 Å². The van der Waals surface area contributed by atoms with Crippen LogP contribution in [0, 0.1) is 23.2 Å². The van der Waals surface area contributed by atoms with Crippen molar-refractivity contribution < 1.29 is 44.5 Å². The van der Waals surface area contributed by atoms with Gasteiger partial charge in [0, 0.05) is 17.3 Å². The Kier molecular flexibility index (Phi) is 5.76. The van der Waals surface area contributed by atoms with Crippen LogP contribution in [0.5, 0.6) is 0 Å². The number of aliphatic hydroxyl groups is 5. The standard InChI is InChI=1S/C21H32O9/c1-8-4-5-12(23)21(3)13(6-10-9(2)19(27)30-18(10)14(8)21)29-20-17(26)16(25)15(24)11(7-22)28-20/h4,9-18,20,22-26H,5-7H2,1-3H3/t9-,10+,11-,12+,13+,14+,15-,16+,17-,18+,20+,21+/m1/s1. The molecule has 5 N–H and O–H groups in total. The summed E-state index contributed by atoms with van der Waals surface area (Å²) in [4.78, 5) is 12.3. The lowest BCUT2D eigenvalue weighted by Gasteiger charge is -2.56. The van der Waals surface area contributed by atoms with E-state index in [1.165, 1.54) is 0 Å². The summed E-state index contributed by atoms with van der Waals surface area (Å²) in [5, 5.41) is 51.0. The molecule has 0 radical (unpaired) electrons. The highest BCUT2D eigenvalue weighted by molar-refractivity contribution is 5.75. The molecule has 2 aliphatic heterocycles. The van der Waals surface area contributed by atoms with Gasteiger partial charge in [-0.05, 0) is 19.8 Å². The largest absolute Gasteiger partial charge is 0.461 e. The minimum atomic E-state index is -1.55. The van der Waals surface area contributed by atoms with Crippen LogP contribution in [0.25, 0.3) is 0 Å². The second-order valence-corrected chi connectivity index (χ2v) is 9.46. The van der Waals surface area contributed by atoms with Crippen molar-refractivity contribution in [3.63, 3.8) is 0 Å². The van der Waals surface area contributed by atoms with Crippen molar-refractivity contribution in [1.29, 1.82) is 0 Å². The molecule has 170 valence electrons. The first-order chi connectivity index (χ1) is 14.1. The smallest absolute Gasteiger partial charge is 0.309 e. The van der Waals surface area contributed by atoms with Gasteiger partial charge in [-0.25, -0.2) is 0 Å². The Balaban J connectivity index is 1.66. The molecule has 0 aromatic carbocycles. The van der Waals surface area contributed by atoms with Crippen molar-refractivity contribution in [2.24, 2.45) is 23.2 Å². The molecular formula is C21H32O9. The zero-order chi connectivity index (χ0) is 22.0. The zero-order valence-electron chi connectivity index (χ0n) is 17.4. The quantitative estimate of drug-likeness (QED) is 0.285. The van der Waals surface area contributed by atoms with Crippen molar-refractivity contribution in [3.8, 4) is 0 Å². The molecule has 9 heteroatoms. The summed E-state index contributed by atoms with van der Waals surface area (Å²) < 4.78 is 17.4. The minimum absolute atomic E-state index is 0.126. The van der Waals surface area contributed by atoms with Gasteiger partial charge in [0.25, 0.3) is 0 Å². The van der Waals surface area contributed by atoms with Gasteiger partial charge in [-0.3, -0.25) is 4.79 Å². The van der Waals surface area contributed by atoms with Crippen LogP contribution in [-0.2, 0) is 19.0 Å². The maximum Gasteiger partial charge on any atom is 0.309 e. The highest BCUT2D eigenvalue weighted by Crippen LogP contribution is 2.57. The summed E-state index contributed by atoms with van der Waals surface area (Å²) in [6.45, 7) is 5.11. The number of esters is 1. The molecule has 0 unspecified atom stereocenters. The summed E-state index contributed by atoms with van der Waals surface area (Å²) in [5.41, 5.74) is 0.199. The molecule has 0 spiro atoms. The van der Waals surface area contributed by atoms with Gasteiger partial charge in [0.1, 0.15) is 30.5 Å². The molecule has 30 heavy (non-hydrogen) atoms. The van der Waals surface area contributed by atoms with Crippen molar-refractivity contribution in [1.82, 2.24) is 0 Å². The van der Waals surface area contributed by atoms with Gasteiger partial charge in [-0.15, -0.1) is 0 Å². The molecule has 0 aromatic heterocycles. The Labute approximate surface area is 175 Å². The van der Waals surface area contributed by atoms with E-state index in [1.54, 1.807) is 0 Å². The first-order valence-electron chi connectivity index (χ1n) is 10.6. The number of hydrogen-bond donors (Lipinski definition) is 5. The normalized spacial score (nSPS) is 53.5. The molecule has 2 aliphatic carbocycles. The van der Waals surface area contributed by atoms with E-state index < -0.39 is 54.9 Å². The first kappa shape index (κ1) is 22.1. The molecule has 2 saturated heterocycles. The van der Waals surface area contributed by atoms with Crippen LogP contribution < -0.4 is 0 Å². The first-order valence-corrected chi connectivity index (χ1v) is 10.6. The fourth-order valence-electron chi connectivity index (χ4n) is 5.89. The van der Waals surface area contributed by atoms with Crippen molar-refractivity contribution >= 4 is 5.97 Å². The topological polar surface area (TPSA) is 146 Å². The Morgan fingerprint density at radius 3 is 2.57 bits per heavy atom. The van der Waals surface area contributed by atoms with Gasteiger partial charge < -0.3 is 39.7 Å². The minimum Gasteiger partial charge on any atom is -0.461 e. The molecule has 2 heterocycles. The number of carbonyl (C=O) groups excluding carboxylic acids is 1. The molecule has 3 fully saturated rings. The van der Waals surface area contributed by atoms with E-state index in [0.717, 1.165) is 5.57 Å². The van der Waals surface area contributed by atoms with Gasteiger partial charge in [0.05, 0.1) is 24.7 Å². The van der Waals surface area contributed by atoms with Crippen LogP contribution in [0.4, 0.5) is 0 Å². The van der Waals surface area contributed by atoms with Crippen molar-refractivity contribution in [2.45, 2.75) is 82.6 Å². The lowest BCUT2D eigenvalue weighted by Crippen LogP contribution is -2.64. The maximum absolute atomic E-state index is 12.3. The third-order valence-electron chi connectivity index (χ3n) is 7.89. The highest BCUT2D eigenvalue weighted by Gasteiger charge is 2.63. The summed E-state index contributed by atoms with van der Waals surface area (Å²) in [6.07, 6.45) is -5.88. The lowest BCUT2D eigenvalue weighted by atomic mass is 9.53. The van der Waals surface area contributed by atoms with E-state index in [9.17, 15) is 30.3 Å². The Bertz CT molecular complexity index is 709. The highest BCUT2D eigenvalue weighted by atomic mass is 16.7. The second kappa shape index (κ2) is 7.81. The SMILES string of the molecule is CC1=CC[C@H](O)[C@@]2(C)[C@@H](O[C@@H]3O[C@H](CO)[C@@H](O)[C@H](O)[C@H]3O)C[C@@H]3[C@H](OC(=O)[C@@H]3C)[C@H]12. The van der Waals surface area contributed by atoms with Crippen LogP contribution in [0.3, 0.4) is 0 Å². The lowest BCUT2D eigenvalue weighted by molar-refractivity contribution is -0.331. The van der Waals surface area contributed by atoms with Crippen LogP contribution >= 0.6 is 0 Å². The molecule has 4 aliphatic rings. The predicted molar refractivity (Wildman–Crippen MR) is 102 cm³/mol. The van der Waals surface area contributed by atoms with E-state index >= 15 is 0 Å². The predicted octanol–water partition coefficient (Wildman–Crippen LogP) is -0.914. The van der Waals surface area contributed by atoms with Gasteiger partial charge in [0.2, 0.25) is 0 Å². The number of rotatable bonds is 3. The van der Waals surface area contributed by atoms with Gasteiger partial charge >= 0.3 is 5.97 Å². The van der Waals surface area contributed by atoms with E-state index in [1.807, 2.05) is 26.8 Å². The third kappa shape index (κ3) is 3.14. The zero-order valence-corrected chi connectivity index (χ0v) is 17.4. The van der Waals surface area contributed by atoms with E-state index in [4.69, 9.17) is 14.2 Å². The van der Waals surface area contributed by atoms with Gasteiger partial charge in [-0.2, -0.15) is 0 Å². The Morgan fingerprint density at radius 2 is 1.90 bits per heavy atom. The fraction of sp³-hybridized carbons (Fsp3) is 0.857. The number of fused-ring (bicyclic) bond motifs is 3. The summed E-state index contributed by atoms with van der Waals surface area (Å²) in [7, 11) is 0.